The molecule has 0 aliphatic carbocycles. The minimum absolute atomic E-state index is 0.0817. The lowest BCUT2D eigenvalue weighted by molar-refractivity contribution is 0.0650. The standard InChI is InChI=1S/C17H17NO3/c1-2-4-12(5-3-1)8-18-9-16-13-6-7-15-17(21-11-20-15)14(13)10-19-16/h1-7,16,18H,8-11H2. The lowest BCUT2D eigenvalue weighted by Crippen LogP contribution is -2.20. The molecule has 0 fully saturated rings. The topological polar surface area (TPSA) is 39.7 Å². The highest BCUT2D eigenvalue weighted by atomic mass is 16.7. The molecule has 4 heteroatoms. The minimum atomic E-state index is 0.0817. The molecule has 1 unspecified atom stereocenters. The molecule has 1 N–H and O–H groups in total. The molecule has 2 heterocycles. The Morgan fingerprint density at radius 1 is 1.05 bits per heavy atom. The van der Waals surface area contributed by atoms with E-state index in [1.807, 2.05) is 12.1 Å². The van der Waals surface area contributed by atoms with E-state index in [-0.39, 0.29) is 6.10 Å². The van der Waals surface area contributed by atoms with Gasteiger partial charge >= 0.3 is 0 Å². The van der Waals surface area contributed by atoms with E-state index in [1.54, 1.807) is 0 Å². The van der Waals surface area contributed by atoms with Gasteiger partial charge in [-0.1, -0.05) is 36.4 Å². The van der Waals surface area contributed by atoms with Gasteiger partial charge in [-0.2, -0.15) is 0 Å². The molecule has 2 aromatic rings. The summed E-state index contributed by atoms with van der Waals surface area (Å²) in [5.74, 6) is 1.69. The second-order valence-electron chi connectivity index (χ2n) is 5.28. The van der Waals surface area contributed by atoms with E-state index in [2.05, 4.69) is 35.6 Å². The molecule has 2 aliphatic rings. The number of fused-ring (bicyclic) bond motifs is 3. The van der Waals surface area contributed by atoms with E-state index >= 15 is 0 Å². The van der Waals surface area contributed by atoms with E-state index < -0.39 is 0 Å². The second-order valence-corrected chi connectivity index (χ2v) is 5.28. The first-order chi connectivity index (χ1) is 10.4. The van der Waals surface area contributed by atoms with Crippen molar-refractivity contribution < 1.29 is 14.2 Å². The molecule has 0 bridgehead atoms. The van der Waals surface area contributed by atoms with Crippen molar-refractivity contribution in [1.82, 2.24) is 5.32 Å². The van der Waals surface area contributed by atoms with Gasteiger partial charge in [-0.05, 0) is 17.2 Å². The Bertz CT molecular complexity index is 642. The van der Waals surface area contributed by atoms with Gasteiger partial charge in [0.1, 0.15) is 0 Å². The Morgan fingerprint density at radius 2 is 1.95 bits per heavy atom. The maximum absolute atomic E-state index is 5.89. The highest BCUT2D eigenvalue weighted by Crippen LogP contribution is 2.43. The zero-order chi connectivity index (χ0) is 14.1. The number of rotatable bonds is 4. The largest absolute Gasteiger partial charge is 0.454 e. The van der Waals surface area contributed by atoms with Crippen LogP contribution < -0.4 is 14.8 Å². The first-order valence-electron chi connectivity index (χ1n) is 7.19. The van der Waals surface area contributed by atoms with Crippen molar-refractivity contribution in [3.63, 3.8) is 0 Å². The molecule has 2 aliphatic heterocycles. The molecular formula is C17H17NO3. The van der Waals surface area contributed by atoms with Crippen molar-refractivity contribution in [2.45, 2.75) is 19.3 Å². The zero-order valence-corrected chi connectivity index (χ0v) is 11.7. The van der Waals surface area contributed by atoms with Crippen LogP contribution in [0.2, 0.25) is 0 Å². The van der Waals surface area contributed by atoms with Gasteiger partial charge in [-0.3, -0.25) is 0 Å². The first kappa shape index (κ1) is 12.7. The number of ether oxygens (including phenoxy) is 3. The van der Waals surface area contributed by atoms with Gasteiger partial charge in [-0.15, -0.1) is 0 Å². The second kappa shape index (κ2) is 5.39. The van der Waals surface area contributed by atoms with Crippen LogP contribution >= 0.6 is 0 Å². The van der Waals surface area contributed by atoms with Crippen LogP contribution in [0.25, 0.3) is 0 Å². The maximum atomic E-state index is 5.89. The molecule has 21 heavy (non-hydrogen) atoms. The fourth-order valence-corrected chi connectivity index (χ4v) is 2.88. The number of benzene rings is 2. The van der Waals surface area contributed by atoms with E-state index in [1.165, 1.54) is 11.1 Å². The Morgan fingerprint density at radius 3 is 2.86 bits per heavy atom. The van der Waals surface area contributed by atoms with E-state index in [4.69, 9.17) is 14.2 Å². The van der Waals surface area contributed by atoms with Crippen molar-refractivity contribution in [3.8, 4) is 11.5 Å². The quantitative estimate of drug-likeness (QED) is 0.936. The summed E-state index contributed by atoms with van der Waals surface area (Å²) in [7, 11) is 0. The Labute approximate surface area is 123 Å². The number of hydrogen-bond acceptors (Lipinski definition) is 4. The summed E-state index contributed by atoms with van der Waals surface area (Å²) < 4.78 is 16.8. The van der Waals surface area contributed by atoms with Crippen molar-refractivity contribution in [2.75, 3.05) is 13.3 Å². The molecule has 0 saturated carbocycles. The highest BCUT2D eigenvalue weighted by Gasteiger charge is 2.30. The van der Waals surface area contributed by atoms with Crippen molar-refractivity contribution in [3.05, 3.63) is 59.2 Å². The van der Waals surface area contributed by atoms with Crippen LogP contribution in [0, 0.1) is 0 Å². The van der Waals surface area contributed by atoms with E-state index in [0.29, 0.717) is 13.4 Å². The zero-order valence-electron chi connectivity index (χ0n) is 11.7. The highest BCUT2D eigenvalue weighted by molar-refractivity contribution is 5.53. The molecule has 2 aromatic carbocycles. The smallest absolute Gasteiger partial charge is 0.231 e. The molecule has 1 atom stereocenters. The third-order valence-corrected chi connectivity index (χ3v) is 3.96. The fourth-order valence-electron chi connectivity index (χ4n) is 2.88. The predicted octanol–water partition coefficient (Wildman–Crippen LogP) is 2.78. The lowest BCUT2D eigenvalue weighted by Gasteiger charge is -2.12. The first-order valence-corrected chi connectivity index (χ1v) is 7.19. The molecule has 0 radical (unpaired) electrons. The van der Waals surface area contributed by atoms with Crippen LogP contribution in [0.1, 0.15) is 22.8 Å². The summed E-state index contributed by atoms with van der Waals surface area (Å²) in [4.78, 5) is 0. The van der Waals surface area contributed by atoms with Gasteiger partial charge in [0, 0.05) is 18.7 Å². The predicted molar refractivity (Wildman–Crippen MR) is 78.2 cm³/mol. The summed E-state index contributed by atoms with van der Waals surface area (Å²) in [5.41, 5.74) is 3.62. The van der Waals surface area contributed by atoms with Crippen LogP contribution in [-0.2, 0) is 17.9 Å². The van der Waals surface area contributed by atoms with Crippen LogP contribution in [0.4, 0.5) is 0 Å². The van der Waals surface area contributed by atoms with Crippen LogP contribution in [0.3, 0.4) is 0 Å². The van der Waals surface area contributed by atoms with Gasteiger partial charge in [0.05, 0.1) is 12.7 Å². The molecule has 4 rings (SSSR count). The van der Waals surface area contributed by atoms with Crippen molar-refractivity contribution in [1.29, 1.82) is 0 Å². The Kier molecular flexibility index (Phi) is 3.25. The third-order valence-electron chi connectivity index (χ3n) is 3.96. The van der Waals surface area contributed by atoms with Gasteiger partial charge in [0.15, 0.2) is 11.5 Å². The van der Waals surface area contributed by atoms with Crippen LogP contribution in [-0.4, -0.2) is 13.3 Å². The van der Waals surface area contributed by atoms with E-state index in [0.717, 1.165) is 30.2 Å². The number of nitrogens with one attached hydrogen (secondary N) is 1. The average molecular weight is 283 g/mol. The normalized spacial score (nSPS) is 18.8. The average Bonchev–Trinajstić information content (AvgIpc) is 3.14. The maximum Gasteiger partial charge on any atom is 0.231 e. The molecule has 0 amide bonds. The molecule has 0 aromatic heterocycles. The Balaban J connectivity index is 1.43. The summed E-state index contributed by atoms with van der Waals surface area (Å²) in [5, 5.41) is 3.46. The summed E-state index contributed by atoms with van der Waals surface area (Å²) in [6.07, 6.45) is 0.0817. The molecule has 108 valence electrons. The van der Waals surface area contributed by atoms with Crippen LogP contribution in [0.5, 0.6) is 11.5 Å². The fraction of sp³-hybridized carbons (Fsp3) is 0.294. The van der Waals surface area contributed by atoms with Crippen LogP contribution in [0.15, 0.2) is 42.5 Å². The van der Waals surface area contributed by atoms with Crippen molar-refractivity contribution >= 4 is 0 Å². The molecule has 0 spiro atoms. The minimum Gasteiger partial charge on any atom is -0.454 e. The summed E-state index contributed by atoms with van der Waals surface area (Å²) >= 11 is 0. The van der Waals surface area contributed by atoms with Gasteiger partial charge in [-0.25, -0.2) is 0 Å². The summed E-state index contributed by atoms with van der Waals surface area (Å²) in [6.45, 7) is 2.55. The van der Waals surface area contributed by atoms with E-state index in [9.17, 15) is 0 Å². The van der Waals surface area contributed by atoms with Gasteiger partial charge in [0.25, 0.3) is 0 Å². The molecular weight excluding hydrogens is 266 g/mol. The summed E-state index contributed by atoms with van der Waals surface area (Å²) in [6, 6.07) is 14.4. The molecule has 4 nitrogen and oxygen atoms in total. The SMILES string of the molecule is c1ccc(CNCC2OCc3c2ccc2c3OCO2)cc1. The van der Waals surface area contributed by atoms with Gasteiger partial charge in [0.2, 0.25) is 6.79 Å². The Hall–Kier alpha value is -2.04. The third kappa shape index (κ3) is 2.37. The molecule has 0 saturated heterocycles. The van der Waals surface area contributed by atoms with Gasteiger partial charge < -0.3 is 19.5 Å². The van der Waals surface area contributed by atoms with Crippen molar-refractivity contribution in [2.24, 2.45) is 0 Å². The lowest BCUT2D eigenvalue weighted by atomic mass is 10.0. The number of hydrogen-bond donors (Lipinski definition) is 1. The monoisotopic (exact) mass is 283 g/mol.